The molecule has 0 saturated carbocycles. The van der Waals surface area contributed by atoms with Crippen molar-refractivity contribution in [3.05, 3.63) is 58.3 Å². The number of cyclic esters (lactones) is 1. The fraction of sp³-hybridized carbons (Fsp3) is 0.409. The van der Waals surface area contributed by atoms with Crippen molar-refractivity contribution < 1.29 is 23.9 Å². The van der Waals surface area contributed by atoms with Crippen LogP contribution in [0.5, 0.6) is 0 Å². The lowest BCUT2D eigenvalue weighted by Crippen LogP contribution is -2.43. The molecule has 154 valence electrons. The SMILES string of the molecule is CC(C)(C)OC(=O)CC(C(=O)N1C(=O)OCC1Cc1ccccc1)c1ccsc1. The highest BCUT2D eigenvalue weighted by Gasteiger charge is 2.42. The van der Waals surface area contributed by atoms with Crippen molar-refractivity contribution in [2.24, 2.45) is 0 Å². The third-order valence-electron chi connectivity index (χ3n) is 4.55. The van der Waals surface area contributed by atoms with Crippen molar-refractivity contribution in [1.82, 2.24) is 4.90 Å². The quantitative estimate of drug-likeness (QED) is 0.663. The van der Waals surface area contributed by atoms with Gasteiger partial charge < -0.3 is 9.47 Å². The summed E-state index contributed by atoms with van der Waals surface area (Å²) in [5.74, 6) is -1.70. The van der Waals surface area contributed by atoms with E-state index in [0.29, 0.717) is 12.0 Å². The summed E-state index contributed by atoms with van der Waals surface area (Å²) in [6.45, 7) is 5.47. The van der Waals surface area contributed by atoms with Gasteiger partial charge in [0.2, 0.25) is 5.91 Å². The number of carbonyl (C=O) groups is 3. The Balaban J connectivity index is 1.81. The summed E-state index contributed by atoms with van der Waals surface area (Å²) in [5.41, 5.74) is 1.05. The molecular formula is C22H25NO5S. The molecule has 1 fully saturated rings. The van der Waals surface area contributed by atoms with Gasteiger partial charge in [-0.25, -0.2) is 9.69 Å². The Bertz CT molecular complexity index is 857. The van der Waals surface area contributed by atoms with E-state index in [1.54, 1.807) is 26.8 Å². The Morgan fingerprint density at radius 3 is 2.59 bits per heavy atom. The summed E-state index contributed by atoms with van der Waals surface area (Å²) < 4.78 is 10.6. The molecule has 1 aliphatic heterocycles. The lowest BCUT2D eigenvalue weighted by molar-refractivity contribution is -0.157. The summed E-state index contributed by atoms with van der Waals surface area (Å²) in [7, 11) is 0. The first kappa shape index (κ1) is 21.0. The van der Waals surface area contributed by atoms with Crippen LogP contribution in [-0.4, -0.2) is 41.1 Å². The van der Waals surface area contributed by atoms with Crippen molar-refractivity contribution in [2.45, 2.75) is 51.2 Å². The van der Waals surface area contributed by atoms with Gasteiger partial charge >= 0.3 is 12.1 Å². The summed E-state index contributed by atoms with van der Waals surface area (Å²) in [5, 5.41) is 3.66. The van der Waals surface area contributed by atoms with Crippen molar-refractivity contribution in [3.8, 4) is 0 Å². The van der Waals surface area contributed by atoms with Crippen molar-refractivity contribution >= 4 is 29.3 Å². The van der Waals surface area contributed by atoms with Gasteiger partial charge in [-0.05, 0) is 55.1 Å². The number of rotatable bonds is 6. The van der Waals surface area contributed by atoms with Crippen molar-refractivity contribution in [1.29, 1.82) is 0 Å². The molecule has 0 aliphatic carbocycles. The first-order valence-corrected chi connectivity index (χ1v) is 10.5. The smallest absolute Gasteiger partial charge is 0.417 e. The molecule has 2 heterocycles. The molecule has 0 N–H and O–H groups in total. The minimum atomic E-state index is -0.792. The Morgan fingerprint density at radius 1 is 1.24 bits per heavy atom. The Kier molecular flexibility index (Phi) is 6.37. The number of carbonyl (C=O) groups excluding carboxylic acids is 3. The van der Waals surface area contributed by atoms with E-state index in [2.05, 4.69) is 0 Å². The Hall–Kier alpha value is -2.67. The van der Waals surface area contributed by atoms with E-state index in [0.717, 1.165) is 5.56 Å². The highest BCUT2D eigenvalue weighted by Crippen LogP contribution is 2.29. The van der Waals surface area contributed by atoms with Gasteiger partial charge in [-0.15, -0.1) is 0 Å². The fourth-order valence-corrected chi connectivity index (χ4v) is 4.02. The van der Waals surface area contributed by atoms with Crippen LogP contribution in [0.15, 0.2) is 47.2 Å². The van der Waals surface area contributed by atoms with Crippen molar-refractivity contribution in [3.63, 3.8) is 0 Å². The molecule has 7 heteroatoms. The van der Waals surface area contributed by atoms with Crippen molar-refractivity contribution in [2.75, 3.05) is 6.61 Å². The van der Waals surface area contributed by atoms with Gasteiger partial charge in [0, 0.05) is 0 Å². The van der Waals surface area contributed by atoms with Crippen LogP contribution in [0.2, 0.25) is 0 Å². The van der Waals surface area contributed by atoms with Crippen LogP contribution in [0.25, 0.3) is 0 Å². The molecule has 1 saturated heterocycles. The minimum absolute atomic E-state index is 0.130. The van der Waals surface area contributed by atoms with Crippen LogP contribution in [0.1, 0.15) is 44.2 Å². The molecule has 3 rings (SSSR count). The predicted molar refractivity (Wildman–Crippen MR) is 110 cm³/mol. The van der Waals surface area contributed by atoms with Crippen LogP contribution >= 0.6 is 11.3 Å². The lowest BCUT2D eigenvalue weighted by atomic mass is 9.95. The molecule has 0 radical (unpaired) electrons. The van der Waals surface area contributed by atoms with Gasteiger partial charge in [-0.2, -0.15) is 11.3 Å². The molecule has 0 spiro atoms. The normalized spacial score (nSPS) is 17.7. The average Bonchev–Trinajstić information content (AvgIpc) is 3.29. The zero-order valence-electron chi connectivity index (χ0n) is 16.8. The second-order valence-electron chi connectivity index (χ2n) is 8.03. The van der Waals surface area contributed by atoms with E-state index >= 15 is 0 Å². The maximum Gasteiger partial charge on any atom is 0.417 e. The third kappa shape index (κ3) is 5.44. The molecule has 2 aromatic rings. The molecule has 0 bridgehead atoms. The highest BCUT2D eigenvalue weighted by molar-refractivity contribution is 7.08. The number of hydrogen-bond acceptors (Lipinski definition) is 6. The molecule has 1 aromatic carbocycles. The van der Waals surface area contributed by atoms with E-state index in [1.165, 1.54) is 16.2 Å². The number of esters is 1. The van der Waals surface area contributed by atoms with Crippen LogP contribution in [0.4, 0.5) is 4.79 Å². The average molecular weight is 416 g/mol. The molecule has 2 amide bonds. The van der Waals surface area contributed by atoms with Crippen LogP contribution < -0.4 is 0 Å². The molecule has 1 aliphatic rings. The molecule has 1 aromatic heterocycles. The van der Waals surface area contributed by atoms with E-state index in [9.17, 15) is 14.4 Å². The monoisotopic (exact) mass is 415 g/mol. The van der Waals surface area contributed by atoms with Crippen LogP contribution in [0.3, 0.4) is 0 Å². The maximum atomic E-state index is 13.4. The fourth-order valence-electron chi connectivity index (χ4n) is 3.31. The highest BCUT2D eigenvalue weighted by atomic mass is 32.1. The van der Waals surface area contributed by atoms with Gasteiger partial charge in [-0.1, -0.05) is 30.3 Å². The molecule has 2 unspecified atom stereocenters. The number of ether oxygens (including phenoxy) is 2. The topological polar surface area (TPSA) is 72.9 Å². The molecule has 2 atom stereocenters. The second kappa shape index (κ2) is 8.78. The van der Waals surface area contributed by atoms with Gasteiger partial charge in [0.1, 0.15) is 12.2 Å². The number of benzene rings is 1. The van der Waals surface area contributed by atoms with Gasteiger partial charge in [0.15, 0.2) is 0 Å². The second-order valence-corrected chi connectivity index (χ2v) is 8.81. The Morgan fingerprint density at radius 2 is 1.97 bits per heavy atom. The summed E-state index contributed by atoms with van der Waals surface area (Å²) >= 11 is 1.43. The zero-order chi connectivity index (χ0) is 21.0. The first-order chi connectivity index (χ1) is 13.7. The number of imide groups is 1. The van der Waals surface area contributed by atoms with Gasteiger partial charge in [-0.3, -0.25) is 9.59 Å². The first-order valence-electron chi connectivity index (χ1n) is 9.52. The predicted octanol–water partition coefficient (Wildman–Crippen LogP) is 4.15. The van der Waals surface area contributed by atoms with Crippen LogP contribution in [-0.2, 0) is 25.5 Å². The Labute approximate surface area is 174 Å². The van der Waals surface area contributed by atoms with E-state index < -0.39 is 35.5 Å². The minimum Gasteiger partial charge on any atom is -0.460 e. The molecular weight excluding hydrogens is 390 g/mol. The van der Waals surface area contributed by atoms with E-state index in [1.807, 2.05) is 41.1 Å². The number of thiophene rings is 1. The summed E-state index contributed by atoms with van der Waals surface area (Å²) in [6.07, 6.45) is -0.296. The number of amides is 2. The third-order valence-corrected chi connectivity index (χ3v) is 5.25. The number of hydrogen-bond donors (Lipinski definition) is 0. The lowest BCUT2D eigenvalue weighted by Gasteiger charge is -2.26. The van der Waals surface area contributed by atoms with E-state index in [4.69, 9.17) is 9.47 Å². The van der Waals surface area contributed by atoms with E-state index in [-0.39, 0.29) is 13.0 Å². The van der Waals surface area contributed by atoms with Gasteiger partial charge in [0.05, 0.1) is 18.4 Å². The number of nitrogens with zero attached hydrogens (tertiary/aromatic N) is 1. The van der Waals surface area contributed by atoms with Gasteiger partial charge in [0.25, 0.3) is 0 Å². The largest absolute Gasteiger partial charge is 0.460 e. The maximum absolute atomic E-state index is 13.4. The molecule has 6 nitrogen and oxygen atoms in total. The summed E-state index contributed by atoms with van der Waals surface area (Å²) in [4.78, 5) is 39.4. The zero-order valence-corrected chi connectivity index (χ0v) is 17.6. The summed E-state index contributed by atoms with van der Waals surface area (Å²) in [6, 6.07) is 11.0. The molecule has 29 heavy (non-hydrogen) atoms. The van der Waals surface area contributed by atoms with Crippen LogP contribution in [0, 0.1) is 0 Å². The standard InChI is InChI=1S/C22H25NO5S/c1-22(2,3)28-19(24)12-18(16-9-10-29-14-16)20(25)23-17(13-27-21(23)26)11-15-7-5-4-6-8-15/h4-10,14,17-18H,11-13H2,1-3H3.